The highest BCUT2D eigenvalue weighted by Gasteiger charge is 2.42. The predicted molar refractivity (Wildman–Crippen MR) is 66.0 cm³/mol. The molecule has 16 heavy (non-hydrogen) atoms. The van der Waals surface area contributed by atoms with Gasteiger partial charge in [-0.25, -0.2) is 4.79 Å². The minimum absolute atomic E-state index is 0.222. The SMILES string of the molecule is O=c1oc2ccccc2n1CC1(CS)CC1. The largest absolute Gasteiger partial charge is 0.419 e. The number of nitrogens with zero attached hydrogens (tertiary/aromatic N) is 1. The van der Waals surface area contributed by atoms with Crippen molar-refractivity contribution in [3.05, 3.63) is 34.8 Å². The second-order valence-electron chi connectivity index (χ2n) is 4.58. The van der Waals surface area contributed by atoms with E-state index in [-0.39, 0.29) is 11.2 Å². The van der Waals surface area contributed by atoms with Crippen LogP contribution in [0, 0.1) is 5.41 Å². The Kier molecular flexibility index (Phi) is 2.14. The van der Waals surface area contributed by atoms with Crippen LogP contribution in [0.3, 0.4) is 0 Å². The summed E-state index contributed by atoms with van der Waals surface area (Å²) in [5, 5.41) is 0. The van der Waals surface area contributed by atoms with Crippen LogP contribution in [0.5, 0.6) is 0 Å². The molecule has 0 spiro atoms. The zero-order valence-corrected chi connectivity index (χ0v) is 9.74. The monoisotopic (exact) mass is 235 g/mol. The normalized spacial score (nSPS) is 17.8. The van der Waals surface area contributed by atoms with Crippen molar-refractivity contribution in [3.63, 3.8) is 0 Å². The molecule has 0 amide bonds. The zero-order chi connectivity index (χ0) is 11.2. The smallest absolute Gasteiger partial charge is 0.408 e. The molecule has 0 aliphatic heterocycles. The number of hydrogen-bond acceptors (Lipinski definition) is 3. The summed E-state index contributed by atoms with van der Waals surface area (Å²) < 4.78 is 6.93. The highest BCUT2D eigenvalue weighted by atomic mass is 32.1. The maximum atomic E-state index is 11.7. The summed E-state index contributed by atoms with van der Waals surface area (Å²) in [5.41, 5.74) is 1.78. The molecule has 3 rings (SSSR count). The minimum Gasteiger partial charge on any atom is -0.408 e. The van der Waals surface area contributed by atoms with E-state index in [1.165, 1.54) is 0 Å². The number of aromatic nitrogens is 1. The quantitative estimate of drug-likeness (QED) is 0.828. The summed E-state index contributed by atoms with van der Waals surface area (Å²) in [6, 6.07) is 7.55. The average molecular weight is 235 g/mol. The number of oxazole rings is 1. The Bertz CT molecular complexity index is 580. The van der Waals surface area contributed by atoms with E-state index in [1.807, 2.05) is 24.3 Å². The Morgan fingerprint density at radius 2 is 2.12 bits per heavy atom. The maximum Gasteiger partial charge on any atom is 0.419 e. The second-order valence-corrected chi connectivity index (χ2v) is 4.90. The summed E-state index contributed by atoms with van der Waals surface area (Å²) >= 11 is 4.36. The van der Waals surface area contributed by atoms with Crippen molar-refractivity contribution < 1.29 is 4.42 Å². The molecule has 1 heterocycles. The first-order valence-electron chi connectivity index (χ1n) is 5.43. The third-order valence-corrected chi connectivity index (χ3v) is 4.03. The van der Waals surface area contributed by atoms with Gasteiger partial charge in [-0.3, -0.25) is 4.57 Å². The molecule has 0 bridgehead atoms. The standard InChI is InChI=1S/C12H13NO2S/c14-11-13(7-12(8-16)5-6-12)9-3-1-2-4-10(9)15-11/h1-4,16H,5-8H2. The molecule has 0 saturated heterocycles. The average Bonchev–Trinajstić information content (AvgIpc) is 3.01. The third kappa shape index (κ3) is 1.48. The number of para-hydroxylation sites is 2. The fraction of sp³-hybridized carbons (Fsp3) is 0.417. The van der Waals surface area contributed by atoms with Gasteiger partial charge in [-0.05, 0) is 36.1 Å². The van der Waals surface area contributed by atoms with E-state index in [1.54, 1.807) is 4.57 Å². The van der Waals surface area contributed by atoms with Gasteiger partial charge in [0.15, 0.2) is 5.58 Å². The molecule has 3 nitrogen and oxygen atoms in total. The molecule has 1 saturated carbocycles. The van der Waals surface area contributed by atoms with Crippen molar-refractivity contribution >= 4 is 23.7 Å². The molecule has 84 valence electrons. The van der Waals surface area contributed by atoms with E-state index < -0.39 is 0 Å². The van der Waals surface area contributed by atoms with Crippen LogP contribution in [-0.4, -0.2) is 10.3 Å². The Morgan fingerprint density at radius 3 is 2.81 bits per heavy atom. The first kappa shape index (κ1) is 10.0. The van der Waals surface area contributed by atoms with E-state index in [4.69, 9.17) is 4.42 Å². The molecule has 1 aromatic carbocycles. The molecule has 1 aromatic heterocycles. The van der Waals surface area contributed by atoms with Gasteiger partial charge in [0.25, 0.3) is 0 Å². The van der Waals surface area contributed by atoms with Crippen LogP contribution in [0.1, 0.15) is 12.8 Å². The fourth-order valence-corrected chi connectivity index (χ4v) is 2.46. The van der Waals surface area contributed by atoms with Crippen molar-refractivity contribution in [3.8, 4) is 0 Å². The lowest BCUT2D eigenvalue weighted by Crippen LogP contribution is -2.21. The number of benzene rings is 1. The number of thiol groups is 1. The molecule has 0 N–H and O–H groups in total. The van der Waals surface area contributed by atoms with Gasteiger partial charge in [0.2, 0.25) is 0 Å². The van der Waals surface area contributed by atoms with Crippen LogP contribution in [0.2, 0.25) is 0 Å². The van der Waals surface area contributed by atoms with Crippen molar-refractivity contribution in [2.24, 2.45) is 5.41 Å². The predicted octanol–water partition coefficient (Wildman–Crippen LogP) is 2.30. The Morgan fingerprint density at radius 1 is 1.38 bits per heavy atom. The van der Waals surface area contributed by atoms with Gasteiger partial charge in [0.05, 0.1) is 5.52 Å². The molecule has 0 atom stereocenters. The molecular formula is C12H13NO2S. The first-order chi connectivity index (χ1) is 7.74. The number of rotatable bonds is 3. The molecule has 0 radical (unpaired) electrons. The van der Waals surface area contributed by atoms with Crippen molar-refractivity contribution in [2.45, 2.75) is 19.4 Å². The van der Waals surface area contributed by atoms with Gasteiger partial charge in [-0.15, -0.1) is 0 Å². The first-order valence-corrected chi connectivity index (χ1v) is 6.07. The van der Waals surface area contributed by atoms with Crippen LogP contribution in [0.15, 0.2) is 33.5 Å². The van der Waals surface area contributed by atoms with Gasteiger partial charge in [-0.2, -0.15) is 12.6 Å². The molecule has 1 fully saturated rings. The zero-order valence-electron chi connectivity index (χ0n) is 8.85. The van der Waals surface area contributed by atoms with E-state index in [0.717, 1.165) is 30.7 Å². The summed E-state index contributed by atoms with van der Waals surface area (Å²) in [6.45, 7) is 0.729. The summed E-state index contributed by atoms with van der Waals surface area (Å²) in [7, 11) is 0. The van der Waals surface area contributed by atoms with Crippen LogP contribution in [0.4, 0.5) is 0 Å². The lowest BCUT2D eigenvalue weighted by atomic mass is 10.1. The van der Waals surface area contributed by atoms with Gasteiger partial charge >= 0.3 is 5.76 Å². The van der Waals surface area contributed by atoms with Gasteiger partial charge in [0.1, 0.15) is 0 Å². The second kappa shape index (κ2) is 3.42. The van der Waals surface area contributed by atoms with E-state index >= 15 is 0 Å². The highest BCUT2D eigenvalue weighted by Crippen LogP contribution is 2.48. The molecule has 1 aliphatic carbocycles. The van der Waals surface area contributed by atoms with Gasteiger partial charge < -0.3 is 4.42 Å². The summed E-state index contributed by atoms with van der Waals surface area (Å²) in [5.74, 6) is 0.577. The topological polar surface area (TPSA) is 35.1 Å². The molecule has 0 unspecified atom stereocenters. The van der Waals surface area contributed by atoms with Gasteiger partial charge in [0, 0.05) is 6.54 Å². The van der Waals surface area contributed by atoms with Crippen molar-refractivity contribution in [2.75, 3.05) is 5.75 Å². The Labute approximate surface area is 98.5 Å². The van der Waals surface area contributed by atoms with Crippen molar-refractivity contribution in [1.82, 2.24) is 4.57 Å². The number of fused-ring (bicyclic) bond motifs is 1. The highest BCUT2D eigenvalue weighted by molar-refractivity contribution is 7.80. The van der Waals surface area contributed by atoms with Crippen LogP contribution < -0.4 is 5.76 Å². The van der Waals surface area contributed by atoms with Crippen molar-refractivity contribution in [1.29, 1.82) is 0 Å². The van der Waals surface area contributed by atoms with E-state index in [0.29, 0.717) is 5.58 Å². The summed E-state index contributed by atoms with van der Waals surface area (Å²) in [4.78, 5) is 11.7. The van der Waals surface area contributed by atoms with Crippen LogP contribution >= 0.6 is 12.6 Å². The molecule has 4 heteroatoms. The third-order valence-electron chi connectivity index (χ3n) is 3.36. The van der Waals surface area contributed by atoms with Crippen LogP contribution in [0.25, 0.3) is 11.1 Å². The lowest BCUT2D eigenvalue weighted by molar-refractivity contribution is 0.431. The number of hydrogen-bond donors (Lipinski definition) is 1. The lowest BCUT2D eigenvalue weighted by Gasteiger charge is -2.11. The molecule has 2 aromatic rings. The Balaban J connectivity index is 2.09. The molecule has 1 aliphatic rings. The molecular weight excluding hydrogens is 222 g/mol. The summed E-state index contributed by atoms with van der Waals surface area (Å²) in [6.07, 6.45) is 2.31. The maximum absolute atomic E-state index is 11.7. The Hall–Kier alpha value is -1.16. The van der Waals surface area contributed by atoms with E-state index in [2.05, 4.69) is 12.6 Å². The van der Waals surface area contributed by atoms with Crippen LogP contribution in [-0.2, 0) is 6.54 Å². The van der Waals surface area contributed by atoms with Gasteiger partial charge in [-0.1, -0.05) is 12.1 Å². The fourth-order valence-electron chi connectivity index (χ4n) is 2.04. The minimum atomic E-state index is -0.255. The van der Waals surface area contributed by atoms with E-state index in [9.17, 15) is 4.79 Å².